The van der Waals surface area contributed by atoms with Crippen LogP contribution in [0.5, 0.6) is 0 Å². The third-order valence-electron chi connectivity index (χ3n) is 5.11. The average Bonchev–Trinajstić information content (AvgIpc) is 3.45. The lowest BCUT2D eigenvalue weighted by Gasteiger charge is -2.15. The molecule has 3 aromatic rings. The lowest BCUT2D eigenvalue weighted by Crippen LogP contribution is -2.28. The van der Waals surface area contributed by atoms with Crippen LogP contribution in [-0.4, -0.2) is 46.5 Å². The number of hydrogen-bond acceptors (Lipinski definition) is 5. The minimum atomic E-state index is -3.48. The van der Waals surface area contributed by atoms with Gasteiger partial charge >= 0.3 is 0 Å². The van der Waals surface area contributed by atoms with Gasteiger partial charge in [-0.05, 0) is 48.7 Å². The van der Waals surface area contributed by atoms with Crippen LogP contribution in [0.2, 0.25) is 0 Å². The zero-order chi connectivity index (χ0) is 21.1. The summed E-state index contributed by atoms with van der Waals surface area (Å²) in [6.45, 7) is 1.42. The third-order valence-corrected chi connectivity index (χ3v) is 7.02. The fourth-order valence-electron chi connectivity index (χ4n) is 3.45. The maximum Gasteiger partial charge on any atom is 0.251 e. The minimum absolute atomic E-state index is 0.217. The van der Waals surface area contributed by atoms with E-state index in [1.54, 1.807) is 35.4 Å². The lowest BCUT2D eigenvalue weighted by molar-refractivity contribution is 0.0950. The van der Waals surface area contributed by atoms with E-state index in [0.29, 0.717) is 25.2 Å². The number of amides is 1. The zero-order valence-corrected chi connectivity index (χ0v) is 17.5. The fourth-order valence-corrected chi connectivity index (χ4v) is 4.97. The number of nitrogens with one attached hydrogen (secondary N) is 1. The predicted molar refractivity (Wildman–Crippen MR) is 112 cm³/mol. The Labute approximate surface area is 175 Å². The highest BCUT2D eigenvalue weighted by Gasteiger charge is 2.27. The summed E-state index contributed by atoms with van der Waals surface area (Å²) >= 11 is 0. The second-order valence-electron chi connectivity index (χ2n) is 7.30. The van der Waals surface area contributed by atoms with E-state index in [1.807, 2.05) is 19.3 Å². The Bertz CT molecular complexity index is 1150. The van der Waals surface area contributed by atoms with E-state index in [2.05, 4.69) is 15.4 Å². The highest BCUT2D eigenvalue weighted by Crippen LogP contribution is 2.21. The van der Waals surface area contributed by atoms with Crippen LogP contribution in [0.25, 0.3) is 11.1 Å². The van der Waals surface area contributed by atoms with Crippen LogP contribution >= 0.6 is 0 Å². The number of aryl methyl sites for hydroxylation is 1. The molecule has 1 N–H and O–H groups in total. The Kier molecular flexibility index (Phi) is 5.65. The van der Waals surface area contributed by atoms with Gasteiger partial charge in [-0.1, -0.05) is 0 Å². The van der Waals surface area contributed by atoms with Gasteiger partial charge in [0.2, 0.25) is 10.0 Å². The topological polar surface area (TPSA) is 97.2 Å². The summed E-state index contributed by atoms with van der Waals surface area (Å²) in [6, 6.07) is 8.03. The van der Waals surface area contributed by atoms with E-state index in [-0.39, 0.29) is 10.8 Å². The number of carbonyl (C=O) groups excluding carboxylic acids is 1. The molecule has 1 fully saturated rings. The number of aromatic nitrogens is 3. The van der Waals surface area contributed by atoms with E-state index < -0.39 is 10.0 Å². The van der Waals surface area contributed by atoms with Gasteiger partial charge in [-0.2, -0.15) is 9.40 Å². The summed E-state index contributed by atoms with van der Waals surface area (Å²) in [5.74, 6) is -0.271. The number of nitrogens with zero attached hydrogens (tertiary/aromatic N) is 4. The number of hydrogen-bond donors (Lipinski definition) is 1. The van der Waals surface area contributed by atoms with Crippen LogP contribution in [0.15, 0.2) is 60.0 Å². The Balaban J connectivity index is 1.41. The number of carbonyl (C=O) groups is 1. The van der Waals surface area contributed by atoms with Crippen molar-refractivity contribution in [1.29, 1.82) is 0 Å². The van der Waals surface area contributed by atoms with Gasteiger partial charge in [-0.25, -0.2) is 8.42 Å². The van der Waals surface area contributed by atoms with Crippen molar-refractivity contribution >= 4 is 15.9 Å². The van der Waals surface area contributed by atoms with Gasteiger partial charge in [0.05, 0.1) is 11.1 Å². The SMILES string of the molecule is Cn1cc(-c2cncc(CNC(=O)c3ccc(S(=O)(=O)N4CCCC4)cc3)c2)cn1. The van der Waals surface area contributed by atoms with Crippen LogP contribution in [-0.2, 0) is 23.6 Å². The predicted octanol–water partition coefficient (Wildman–Crippen LogP) is 2.20. The molecule has 0 saturated carbocycles. The average molecular weight is 426 g/mol. The summed E-state index contributed by atoms with van der Waals surface area (Å²) in [7, 11) is -1.63. The summed E-state index contributed by atoms with van der Waals surface area (Å²) in [5.41, 5.74) is 3.14. The first-order chi connectivity index (χ1) is 14.4. The first kappa shape index (κ1) is 20.2. The summed E-state index contributed by atoms with van der Waals surface area (Å²) in [4.78, 5) is 16.9. The molecule has 0 atom stereocenters. The van der Waals surface area contributed by atoms with E-state index in [4.69, 9.17) is 0 Å². The van der Waals surface area contributed by atoms with Crippen molar-refractivity contribution in [2.45, 2.75) is 24.3 Å². The van der Waals surface area contributed by atoms with Crippen molar-refractivity contribution in [2.75, 3.05) is 13.1 Å². The van der Waals surface area contributed by atoms with Gasteiger partial charge < -0.3 is 5.32 Å². The number of rotatable bonds is 6. The van der Waals surface area contributed by atoms with Crippen LogP contribution in [0.1, 0.15) is 28.8 Å². The highest BCUT2D eigenvalue weighted by atomic mass is 32.2. The molecular weight excluding hydrogens is 402 g/mol. The number of benzene rings is 1. The molecule has 2 aromatic heterocycles. The second-order valence-corrected chi connectivity index (χ2v) is 9.24. The van der Waals surface area contributed by atoms with Crippen molar-refractivity contribution in [3.63, 3.8) is 0 Å². The second kappa shape index (κ2) is 8.37. The molecule has 3 heterocycles. The Morgan fingerprint density at radius 2 is 1.80 bits per heavy atom. The van der Waals surface area contributed by atoms with E-state index in [1.165, 1.54) is 16.4 Å². The number of sulfonamides is 1. The summed E-state index contributed by atoms with van der Waals surface area (Å²) in [5, 5.41) is 7.01. The Hall–Kier alpha value is -3.04. The molecule has 0 bridgehead atoms. The first-order valence-electron chi connectivity index (χ1n) is 9.75. The van der Waals surface area contributed by atoms with Crippen molar-refractivity contribution in [2.24, 2.45) is 7.05 Å². The molecule has 1 amide bonds. The standard InChI is InChI=1S/C21H23N5O3S/c1-25-15-19(14-24-25)18-10-16(11-22-13-18)12-23-21(27)17-4-6-20(7-5-17)30(28,29)26-8-2-3-9-26/h4-7,10-11,13-15H,2-3,8-9,12H2,1H3,(H,23,27). The van der Waals surface area contributed by atoms with Gasteiger partial charge in [0, 0.05) is 62.0 Å². The van der Waals surface area contributed by atoms with Gasteiger partial charge in [-0.3, -0.25) is 14.5 Å². The Morgan fingerprint density at radius 3 is 2.47 bits per heavy atom. The zero-order valence-electron chi connectivity index (χ0n) is 16.7. The monoisotopic (exact) mass is 425 g/mol. The maximum atomic E-state index is 12.6. The quantitative estimate of drug-likeness (QED) is 0.653. The van der Waals surface area contributed by atoms with Crippen LogP contribution in [0, 0.1) is 0 Å². The lowest BCUT2D eigenvalue weighted by atomic mass is 10.1. The molecule has 0 spiro atoms. The first-order valence-corrected chi connectivity index (χ1v) is 11.2. The smallest absolute Gasteiger partial charge is 0.251 e. The van der Waals surface area contributed by atoms with E-state index >= 15 is 0 Å². The molecule has 30 heavy (non-hydrogen) atoms. The fraction of sp³-hybridized carbons (Fsp3) is 0.286. The molecule has 0 radical (unpaired) electrons. The molecule has 8 nitrogen and oxygen atoms in total. The van der Waals surface area contributed by atoms with Crippen molar-refractivity contribution in [3.05, 3.63) is 66.2 Å². The summed E-state index contributed by atoms with van der Waals surface area (Å²) < 4.78 is 28.4. The van der Waals surface area contributed by atoms with Crippen molar-refractivity contribution < 1.29 is 13.2 Å². The van der Waals surface area contributed by atoms with E-state index in [0.717, 1.165) is 29.5 Å². The molecule has 4 rings (SSSR count). The van der Waals surface area contributed by atoms with Gasteiger partial charge in [0.25, 0.3) is 5.91 Å². The van der Waals surface area contributed by atoms with Crippen molar-refractivity contribution in [3.8, 4) is 11.1 Å². The van der Waals surface area contributed by atoms with E-state index in [9.17, 15) is 13.2 Å². The van der Waals surface area contributed by atoms with Gasteiger partial charge in [0.1, 0.15) is 0 Å². The van der Waals surface area contributed by atoms with Crippen LogP contribution < -0.4 is 5.32 Å². The van der Waals surface area contributed by atoms with Crippen LogP contribution in [0.4, 0.5) is 0 Å². The molecule has 1 aromatic carbocycles. The van der Waals surface area contributed by atoms with Gasteiger partial charge in [-0.15, -0.1) is 0 Å². The largest absolute Gasteiger partial charge is 0.348 e. The number of pyridine rings is 1. The molecule has 0 aliphatic carbocycles. The highest BCUT2D eigenvalue weighted by molar-refractivity contribution is 7.89. The van der Waals surface area contributed by atoms with Crippen molar-refractivity contribution in [1.82, 2.24) is 24.4 Å². The minimum Gasteiger partial charge on any atom is -0.348 e. The molecule has 1 saturated heterocycles. The Morgan fingerprint density at radius 1 is 1.07 bits per heavy atom. The molecular formula is C21H23N5O3S. The molecule has 9 heteroatoms. The van der Waals surface area contributed by atoms with Crippen LogP contribution in [0.3, 0.4) is 0 Å². The normalized spacial score (nSPS) is 14.7. The maximum absolute atomic E-state index is 12.6. The van der Waals surface area contributed by atoms with Gasteiger partial charge in [0.15, 0.2) is 0 Å². The molecule has 0 unspecified atom stereocenters. The summed E-state index contributed by atoms with van der Waals surface area (Å²) in [6.07, 6.45) is 8.88. The third kappa shape index (κ3) is 4.27. The molecule has 1 aliphatic heterocycles. The molecule has 156 valence electrons. The molecule has 1 aliphatic rings.